The first-order valence-corrected chi connectivity index (χ1v) is 6.63. The Hall–Kier alpha value is -0.940. The lowest BCUT2D eigenvalue weighted by atomic mass is 9.88. The highest BCUT2D eigenvalue weighted by molar-refractivity contribution is 4.90. The summed E-state index contributed by atoms with van der Waals surface area (Å²) < 4.78 is 10.4. The van der Waals surface area contributed by atoms with E-state index >= 15 is 0 Å². The maximum absolute atomic E-state index is 5.63. The predicted octanol–water partition coefficient (Wildman–Crippen LogP) is 2.33. The van der Waals surface area contributed by atoms with Crippen molar-refractivity contribution in [1.82, 2.24) is 10.1 Å². The molecule has 0 aliphatic carbocycles. The van der Waals surface area contributed by atoms with Crippen molar-refractivity contribution in [3.63, 3.8) is 0 Å². The zero-order valence-electron chi connectivity index (χ0n) is 11.8. The van der Waals surface area contributed by atoms with E-state index in [2.05, 4.69) is 24.0 Å². The molecule has 1 aromatic heterocycles. The number of hydrogen-bond acceptors (Lipinski definition) is 5. The lowest BCUT2D eigenvalue weighted by Crippen LogP contribution is -2.15. The zero-order chi connectivity index (χ0) is 13.5. The largest absolute Gasteiger partial charge is 0.374 e. The van der Waals surface area contributed by atoms with E-state index in [1.54, 1.807) is 7.11 Å². The third-order valence-corrected chi connectivity index (χ3v) is 3.41. The Balaban J connectivity index is 2.49. The maximum Gasteiger partial charge on any atom is 0.226 e. The highest BCUT2D eigenvalue weighted by Crippen LogP contribution is 2.21. The summed E-state index contributed by atoms with van der Waals surface area (Å²) >= 11 is 0. The molecule has 1 heterocycles. The molecule has 104 valence electrons. The number of ether oxygens (including phenoxy) is 1. The lowest BCUT2D eigenvalue weighted by Gasteiger charge is -2.18. The fourth-order valence-corrected chi connectivity index (χ4v) is 1.97. The van der Waals surface area contributed by atoms with Crippen LogP contribution in [0.4, 0.5) is 0 Å². The van der Waals surface area contributed by atoms with Crippen molar-refractivity contribution in [2.24, 2.45) is 17.6 Å². The highest BCUT2D eigenvalue weighted by atomic mass is 16.5. The van der Waals surface area contributed by atoms with Crippen LogP contribution >= 0.6 is 0 Å². The Morgan fingerprint density at radius 2 is 2.00 bits per heavy atom. The third kappa shape index (κ3) is 4.38. The van der Waals surface area contributed by atoms with Gasteiger partial charge in [-0.1, -0.05) is 19.0 Å². The minimum absolute atomic E-state index is 0.118. The first kappa shape index (κ1) is 15.1. The van der Waals surface area contributed by atoms with Crippen molar-refractivity contribution >= 4 is 0 Å². The highest BCUT2D eigenvalue weighted by Gasteiger charge is 2.16. The first-order chi connectivity index (χ1) is 8.58. The fraction of sp³-hybridized carbons (Fsp3) is 0.846. The predicted molar refractivity (Wildman–Crippen MR) is 70.0 cm³/mol. The van der Waals surface area contributed by atoms with E-state index in [9.17, 15) is 0 Å². The Morgan fingerprint density at radius 3 is 2.56 bits per heavy atom. The van der Waals surface area contributed by atoms with Crippen molar-refractivity contribution in [2.45, 2.75) is 46.1 Å². The van der Waals surface area contributed by atoms with Crippen LogP contribution in [0.25, 0.3) is 0 Å². The van der Waals surface area contributed by atoms with Gasteiger partial charge < -0.3 is 15.0 Å². The quantitative estimate of drug-likeness (QED) is 0.771. The van der Waals surface area contributed by atoms with Gasteiger partial charge in [-0.25, -0.2) is 0 Å². The molecule has 0 saturated carbocycles. The number of hydrogen-bond donors (Lipinski definition) is 1. The van der Waals surface area contributed by atoms with Crippen LogP contribution in [0.1, 0.15) is 51.4 Å². The Morgan fingerprint density at radius 1 is 1.28 bits per heavy atom. The number of aryl methyl sites for hydroxylation is 1. The molecule has 0 aliphatic heterocycles. The summed E-state index contributed by atoms with van der Waals surface area (Å²) in [6.45, 7) is 7.09. The number of nitrogens with two attached hydrogens (primary N) is 1. The molecule has 0 aromatic carbocycles. The molecule has 0 saturated heterocycles. The molecule has 5 heteroatoms. The van der Waals surface area contributed by atoms with Gasteiger partial charge in [0.25, 0.3) is 0 Å². The topological polar surface area (TPSA) is 74.2 Å². The molecule has 1 aromatic rings. The van der Waals surface area contributed by atoms with Gasteiger partial charge in [-0.05, 0) is 38.1 Å². The zero-order valence-corrected chi connectivity index (χ0v) is 11.8. The van der Waals surface area contributed by atoms with Gasteiger partial charge in [0.15, 0.2) is 5.82 Å². The van der Waals surface area contributed by atoms with Crippen molar-refractivity contribution < 1.29 is 9.26 Å². The van der Waals surface area contributed by atoms with Gasteiger partial charge in [0.2, 0.25) is 5.89 Å². The van der Waals surface area contributed by atoms with Crippen molar-refractivity contribution in [3.8, 4) is 0 Å². The van der Waals surface area contributed by atoms with Crippen LogP contribution < -0.4 is 5.73 Å². The van der Waals surface area contributed by atoms with Crippen LogP contribution in [0.15, 0.2) is 4.52 Å². The Labute approximate surface area is 109 Å². The molecule has 18 heavy (non-hydrogen) atoms. The molecule has 0 amide bonds. The molecule has 0 spiro atoms. The van der Waals surface area contributed by atoms with E-state index in [1.807, 2.05) is 6.92 Å². The van der Waals surface area contributed by atoms with Crippen LogP contribution in [-0.2, 0) is 11.2 Å². The number of aromatic nitrogens is 2. The lowest BCUT2D eigenvalue weighted by molar-refractivity contribution is 0.109. The van der Waals surface area contributed by atoms with Gasteiger partial charge in [0.1, 0.15) is 6.10 Å². The van der Waals surface area contributed by atoms with E-state index in [-0.39, 0.29) is 6.10 Å². The minimum atomic E-state index is -0.118. The number of methoxy groups -OCH3 is 1. The fourth-order valence-electron chi connectivity index (χ4n) is 1.97. The second-order valence-corrected chi connectivity index (χ2v) is 5.04. The summed E-state index contributed by atoms with van der Waals surface area (Å²) in [6, 6.07) is 0. The van der Waals surface area contributed by atoms with Crippen LogP contribution in [0, 0.1) is 11.8 Å². The van der Waals surface area contributed by atoms with Gasteiger partial charge in [0, 0.05) is 13.5 Å². The van der Waals surface area contributed by atoms with Crippen molar-refractivity contribution in [3.05, 3.63) is 11.7 Å². The average molecular weight is 255 g/mol. The Kier molecular flexibility index (Phi) is 6.29. The van der Waals surface area contributed by atoms with Crippen LogP contribution in [-0.4, -0.2) is 23.8 Å². The summed E-state index contributed by atoms with van der Waals surface area (Å²) in [4.78, 5) is 4.34. The molecule has 0 bridgehead atoms. The van der Waals surface area contributed by atoms with Gasteiger partial charge in [-0.15, -0.1) is 0 Å². The van der Waals surface area contributed by atoms with Gasteiger partial charge in [-0.2, -0.15) is 4.98 Å². The van der Waals surface area contributed by atoms with Crippen molar-refractivity contribution in [2.75, 3.05) is 13.7 Å². The SMILES string of the molecule is COC(C)c1noc(CCC(CCN)C(C)C)n1. The molecule has 0 radical (unpaired) electrons. The summed E-state index contributed by atoms with van der Waals surface area (Å²) in [5.41, 5.74) is 5.63. The molecular weight excluding hydrogens is 230 g/mol. The summed E-state index contributed by atoms with van der Waals surface area (Å²) in [7, 11) is 1.64. The monoisotopic (exact) mass is 255 g/mol. The second-order valence-electron chi connectivity index (χ2n) is 5.04. The van der Waals surface area contributed by atoms with Crippen molar-refractivity contribution in [1.29, 1.82) is 0 Å². The molecule has 2 N–H and O–H groups in total. The number of rotatable bonds is 8. The number of nitrogens with zero attached hydrogens (tertiary/aromatic N) is 2. The molecular formula is C13H25N3O2. The minimum Gasteiger partial charge on any atom is -0.374 e. The normalized spacial score (nSPS) is 15.0. The molecule has 2 unspecified atom stereocenters. The summed E-state index contributed by atoms with van der Waals surface area (Å²) in [6.07, 6.45) is 2.78. The maximum atomic E-state index is 5.63. The third-order valence-electron chi connectivity index (χ3n) is 3.41. The summed E-state index contributed by atoms with van der Waals surface area (Å²) in [5, 5.41) is 3.92. The van der Waals surface area contributed by atoms with E-state index in [0.717, 1.165) is 25.8 Å². The van der Waals surface area contributed by atoms with E-state index < -0.39 is 0 Å². The first-order valence-electron chi connectivity index (χ1n) is 6.63. The standard InChI is InChI=1S/C13H25N3O2/c1-9(2)11(7-8-14)5-6-12-15-13(16-18-12)10(3)17-4/h9-11H,5-8,14H2,1-4H3. The summed E-state index contributed by atoms with van der Waals surface area (Å²) in [5.74, 6) is 2.56. The van der Waals surface area contributed by atoms with Crippen LogP contribution in [0.3, 0.4) is 0 Å². The Bertz CT molecular complexity index is 339. The van der Waals surface area contributed by atoms with E-state index in [0.29, 0.717) is 23.6 Å². The van der Waals surface area contributed by atoms with Gasteiger partial charge in [-0.3, -0.25) is 0 Å². The van der Waals surface area contributed by atoms with E-state index in [4.69, 9.17) is 15.0 Å². The van der Waals surface area contributed by atoms with Crippen LogP contribution in [0.5, 0.6) is 0 Å². The average Bonchev–Trinajstić information content (AvgIpc) is 2.81. The molecule has 0 fully saturated rings. The second kappa shape index (κ2) is 7.48. The van der Waals surface area contributed by atoms with Gasteiger partial charge >= 0.3 is 0 Å². The van der Waals surface area contributed by atoms with Gasteiger partial charge in [0.05, 0.1) is 0 Å². The molecule has 5 nitrogen and oxygen atoms in total. The van der Waals surface area contributed by atoms with E-state index in [1.165, 1.54) is 0 Å². The molecule has 2 atom stereocenters. The molecule has 1 rings (SSSR count). The smallest absolute Gasteiger partial charge is 0.226 e. The molecule has 0 aliphatic rings. The van der Waals surface area contributed by atoms with Crippen LogP contribution in [0.2, 0.25) is 0 Å².